The molecule has 0 atom stereocenters. The molecule has 0 aliphatic heterocycles. The van der Waals surface area contributed by atoms with Gasteiger partial charge in [-0.3, -0.25) is 5.84 Å². The summed E-state index contributed by atoms with van der Waals surface area (Å²) in [6.45, 7) is 6.22. The van der Waals surface area contributed by atoms with Crippen molar-refractivity contribution >= 4 is 0 Å². The summed E-state index contributed by atoms with van der Waals surface area (Å²) in [5, 5.41) is 11.3. The lowest BCUT2D eigenvalue weighted by Gasteiger charge is -2.44. The van der Waals surface area contributed by atoms with Crippen molar-refractivity contribution in [3.05, 3.63) is 0 Å². The van der Waals surface area contributed by atoms with Crippen molar-refractivity contribution in [3.63, 3.8) is 0 Å². The smallest absolute Gasteiger partial charge is 0.122 e. The highest BCUT2D eigenvalue weighted by molar-refractivity contribution is 5.09. The highest BCUT2D eigenvalue weighted by Gasteiger charge is 2.40. The third-order valence-electron chi connectivity index (χ3n) is 3.57. The lowest BCUT2D eigenvalue weighted by atomic mass is 9.82. The Bertz CT molecular complexity index is 251. The SMILES string of the molecule is CC(C)(C)N(N)C1(C#N)CCCCCCC1. The molecule has 0 heterocycles. The molecule has 1 rings (SSSR count). The van der Waals surface area contributed by atoms with Gasteiger partial charge in [0.15, 0.2) is 0 Å². The first-order valence-electron chi connectivity index (χ1n) is 6.39. The van der Waals surface area contributed by atoms with Gasteiger partial charge in [0.05, 0.1) is 6.07 Å². The van der Waals surface area contributed by atoms with Crippen LogP contribution in [0.1, 0.15) is 65.7 Å². The van der Waals surface area contributed by atoms with Crippen LogP contribution in [0.2, 0.25) is 0 Å². The van der Waals surface area contributed by atoms with Crippen molar-refractivity contribution in [3.8, 4) is 6.07 Å². The van der Waals surface area contributed by atoms with Crippen LogP contribution in [0.4, 0.5) is 0 Å². The molecular formula is C13H25N3. The first-order chi connectivity index (χ1) is 7.42. The zero-order valence-corrected chi connectivity index (χ0v) is 10.9. The maximum atomic E-state index is 9.52. The largest absolute Gasteiger partial charge is 0.267 e. The van der Waals surface area contributed by atoms with E-state index in [1.165, 1.54) is 19.3 Å². The second kappa shape index (κ2) is 5.16. The maximum Gasteiger partial charge on any atom is 0.122 e. The van der Waals surface area contributed by atoms with E-state index in [0.29, 0.717) is 0 Å². The maximum absolute atomic E-state index is 9.52. The summed E-state index contributed by atoms with van der Waals surface area (Å²) in [6, 6.07) is 2.49. The Kier molecular flexibility index (Phi) is 4.35. The van der Waals surface area contributed by atoms with Gasteiger partial charge in [-0.1, -0.05) is 32.1 Å². The van der Waals surface area contributed by atoms with Crippen LogP contribution in [0.15, 0.2) is 0 Å². The third-order valence-corrected chi connectivity index (χ3v) is 3.57. The van der Waals surface area contributed by atoms with E-state index in [-0.39, 0.29) is 5.54 Å². The summed E-state index contributed by atoms with van der Waals surface area (Å²) in [4.78, 5) is 0. The van der Waals surface area contributed by atoms with E-state index in [1.807, 2.05) is 0 Å². The molecule has 3 heteroatoms. The minimum absolute atomic E-state index is 0.144. The molecular weight excluding hydrogens is 198 g/mol. The van der Waals surface area contributed by atoms with Gasteiger partial charge in [0.2, 0.25) is 0 Å². The molecule has 16 heavy (non-hydrogen) atoms. The standard InChI is InChI=1S/C13H25N3/c1-12(2,3)16(15)13(11-14)9-7-5-4-6-8-10-13/h4-10,15H2,1-3H3. The van der Waals surface area contributed by atoms with Crippen LogP contribution in [0.5, 0.6) is 0 Å². The summed E-state index contributed by atoms with van der Waals surface area (Å²) in [7, 11) is 0. The lowest BCUT2D eigenvalue weighted by molar-refractivity contribution is 0.0217. The molecule has 0 aromatic rings. The van der Waals surface area contributed by atoms with Crippen LogP contribution in [0.25, 0.3) is 0 Å². The highest BCUT2D eigenvalue weighted by atomic mass is 15.5. The topological polar surface area (TPSA) is 53.0 Å². The Hall–Kier alpha value is -0.590. The Balaban J connectivity index is 2.85. The van der Waals surface area contributed by atoms with Gasteiger partial charge < -0.3 is 0 Å². The number of nitriles is 1. The number of nitrogens with zero attached hydrogens (tertiary/aromatic N) is 2. The number of nitrogens with two attached hydrogens (primary N) is 1. The minimum atomic E-state index is -0.446. The molecule has 0 aromatic carbocycles. The molecule has 1 aliphatic carbocycles. The first-order valence-corrected chi connectivity index (χ1v) is 6.39. The Morgan fingerprint density at radius 1 is 1.06 bits per heavy atom. The molecule has 1 saturated carbocycles. The van der Waals surface area contributed by atoms with E-state index in [9.17, 15) is 5.26 Å². The number of hydrogen-bond donors (Lipinski definition) is 1. The molecule has 0 radical (unpaired) electrons. The van der Waals surface area contributed by atoms with Crippen molar-refractivity contribution in [1.29, 1.82) is 5.26 Å². The van der Waals surface area contributed by atoms with Gasteiger partial charge >= 0.3 is 0 Å². The number of hydrogen-bond acceptors (Lipinski definition) is 3. The molecule has 0 unspecified atom stereocenters. The van der Waals surface area contributed by atoms with Gasteiger partial charge in [-0.05, 0) is 33.6 Å². The van der Waals surface area contributed by atoms with E-state index in [2.05, 4.69) is 26.8 Å². The predicted octanol–water partition coefficient (Wildman–Crippen LogP) is 2.97. The van der Waals surface area contributed by atoms with E-state index >= 15 is 0 Å². The van der Waals surface area contributed by atoms with Crippen molar-refractivity contribution in [2.75, 3.05) is 0 Å². The highest BCUT2D eigenvalue weighted by Crippen LogP contribution is 2.33. The van der Waals surface area contributed by atoms with Gasteiger partial charge in [0, 0.05) is 5.54 Å². The van der Waals surface area contributed by atoms with Gasteiger partial charge in [-0.25, -0.2) is 5.01 Å². The zero-order chi connectivity index (χ0) is 12.2. The summed E-state index contributed by atoms with van der Waals surface area (Å²) in [6.07, 6.45) is 7.85. The molecule has 0 spiro atoms. The molecule has 0 aromatic heterocycles. The van der Waals surface area contributed by atoms with Gasteiger partial charge in [-0.15, -0.1) is 0 Å². The fourth-order valence-electron chi connectivity index (χ4n) is 2.54. The quantitative estimate of drug-likeness (QED) is 0.549. The van der Waals surface area contributed by atoms with Gasteiger partial charge in [0.25, 0.3) is 0 Å². The van der Waals surface area contributed by atoms with Crippen molar-refractivity contribution < 1.29 is 0 Å². The van der Waals surface area contributed by atoms with E-state index in [4.69, 9.17) is 5.84 Å². The average molecular weight is 223 g/mol. The van der Waals surface area contributed by atoms with Crippen molar-refractivity contribution in [1.82, 2.24) is 5.01 Å². The second-order valence-corrected chi connectivity index (χ2v) is 5.95. The van der Waals surface area contributed by atoms with E-state index in [0.717, 1.165) is 25.7 Å². The van der Waals surface area contributed by atoms with Gasteiger partial charge in [-0.2, -0.15) is 5.26 Å². The molecule has 92 valence electrons. The van der Waals surface area contributed by atoms with E-state index < -0.39 is 5.54 Å². The van der Waals surface area contributed by atoms with Crippen LogP contribution in [-0.2, 0) is 0 Å². The number of hydrazine groups is 1. The first kappa shape index (κ1) is 13.5. The summed E-state index contributed by atoms with van der Waals surface area (Å²) >= 11 is 0. The minimum Gasteiger partial charge on any atom is -0.267 e. The molecule has 0 bridgehead atoms. The zero-order valence-electron chi connectivity index (χ0n) is 10.9. The Morgan fingerprint density at radius 3 is 1.88 bits per heavy atom. The fourth-order valence-corrected chi connectivity index (χ4v) is 2.54. The Morgan fingerprint density at radius 2 is 1.50 bits per heavy atom. The molecule has 0 saturated heterocycles. The van der Waals surface area contributed by atoms with E-state index in [1.54, 1.807) is 5.01 Å². The predicted molar refractivity (Wildman–Crippen MR) is 66.4 cm³/mol. The third kappa shape index (κ3) is 2.96. The molecule has 1 fully saturated rings. The molecule has 1 aliphatic rings. The number of rotatable bonds is 1. The van der Waals surface area contributed by atoms with Crippen molar-refractivity contribution in [2.45, 2.75) is 76.8 Å². The monoisotopic (exact) mass is 223 g/mol. The fraction of sp³-hybridized carbons (Fsp3) is 0.923. The van der Waals surface area contributed by atoms with Crippen LogP contribution in [0, 0.1) is 11.3 Å². The van der Waals surface area contributed by atoms with Gasteiger partial charge in [0.1, 0.15) is 5.54 Å². The normalized spacial score (nSPS) is 22.2. The molecule has 0 amide bonds. The summed E-state index contributed by atoms with van der Waals surface area (Å²) in [5.41, 5.74) is -0.590. The second-order valence-electron chi connectivity index (χ2n) is 5.95. The lowest BCUT2D eigenvalue weighted by Crippen LogP contribution is -2.60. The van der Waals surface area contributed by atoms with Crippen molar-refractivity contribution in [2.24, 2.45) is 5.84 Å². The molecule has 2 N–H and O–H groups in total. The summed E-state index contributed by atoms with van der Waals surface area (Å²) < 4.78 is 0. The van der Waals surface area contributed by atoms with Crippen LogP contribution in [0.3, 0.4) is 0 Å². The molecule has 3 nitrogen and oxygen atoms in total. The average Bonchev–Trinajstić information content (AvgIpc) is 2.16. The summed E-state index contributed by atoms with van der Waals surface area (Å²) in [5.74, 6) is 6.20. The van der Waals surface area contributed by atoms with Crippen LogP contribution < -0.4 is 5.84 Å². The Labute approximate surface area is 99.6 Å². The van der Waals surface area contributed by atoms with Crippen LogP contribution in [-0.4, -0.2) is 16.1 Å². The van der Waals surface area contributed by atoms with Crippen LogP contribution >= 0.6 is 0 Å².